The van der Waals surface area contributed by atoms with Crippen LogP contribution in [0.25, 0.3) is 21.3 Å². The number of aryl methyl sites for hydroxylation is 1. The molecule has 2 fully saturated rings. The van der Waals surface area contributed by atoms with Gasteiger partial charge in [0.1, 0.15) is 11.6 Å². The largest absolute Gasteiger partial charge is 0.507 e. The number of likely N-dealkylation sites (tertiary alicyclic amines) is 1. The second kappa shape index (κ2) is 7.55. The highest BCUT2D eigenvalue weighted by Gasteiger charge is 2.34. The van der Waals surface area contributed by atoms with E-state index < -0.39 is 0 Å². The maximum Gasteiger partial charge on any atom is 0.149 e. The molecular weight excluding hydrogens is 384 g/mol. The molecule has 152 valence electrons. The van der Waals surface area contributed by atoms with E-state index in [0.29, 0.717) is 12.1 Å². The third-order valence-electron chi connectivity index (χ3n) is 6.26. The van der Waals surface area contributed by atoms with Gasteiger partial charge in [-0.15, -0.1) is 21.5 Å². The molecule has 1 atom stereocenters. The third kappa shape index (κ3) is 3.58. The van der Waals surface area contributed by atoms with Crippen molar-refractivity contribution in [2.75, 3.05) is 18.4 Å². The maximum atomic E-state index is 10.7. The second-order valence-corrected chi connectivity index (χ2v) is 9.26. The predicted molar refractivity (Wildman–Crippen MR) is 116 cm³/mol. The maximum absolute atomic E-state index is 10.7. The van der Waals surface area contributed by atoms with Gasteiger partial charge in [-0.3, -0.25) is 4.90 Å². The Kier molecular flexibility index (Phi) is 4.89. The van der Waals surface area contributed by atoms with Crippen LogP contribution >= 0.6 is 11.3 Å². The van der Waals surface area contributed by atoms with Crippen molar-refractivity contribution in [3.63, 3.8) is 0 Å². The van der Waals surface area contributed by atoms with Crippen LogP contribution < -0.4 is 5.32 Å². The van der Waals surface area contributed by atoms with Crippen LogP contribution in [0, 0.1) is 6.92 Å². The molecule has 2 aromatic heterocycles. The molecule has 6 nitrogen and oxygen atoms in total. The van der Waals surface area contributed by atoms with Crippen LogP contribution in [0.5, 0.6) is 5.75 Å². The number of aromatic hydroxyl groups is 1. The molecule has 3 aromatic rings. The molecule has 0 spiro atoms. The molecule has 29 heavy (non-hydrogen) atoms. The molecule has 3 N–H and O–H groups in total. The fourth-order valence-electron chi connectivity index (χ4n) is 4.56. The number of rotatable bonds is 4. The molecule has 2 aliphatic rings. The molecule has 1 saturated heterocycles. The monoisotopic (exact) mass is 410 g/mol. The zero-order valence-corrected chi connectivity index (χ0v) is 17.3. The first-order chi connectivity index (χ1) is 14.1. The fraction of sp³-hybridized carbons (Fsp3) is 0.455. The Labute approximate surface area is 174 Å². The molecule has 1 aliphatic heterocycles. The topological polar surface area (TPSA) is 81.5 Å². The highest BCUT2D eigenvalue weighted by atomic mass is 32.1. The summed E-state index contributed by atoms with van der Waals surface area (Å²) in [5.41, 5.74) is 2.43. The van der Waals surface area contributed by atoms with Crippen molar-refractivity contribution in [1.82, 2.24) is 15.1 Å². The van der Waals surface area contributed by atoms with Crippen LogP contribution in [0.2, 0.25) is 0 Å². The zero-order chi connectivity index (χ0) is 20.0. The van der Waals surface area contributed by atoms with Gasteiger partial charge in [0.25, 0.3) is 0 Å². The van der Waals surface area contributed by atoms with E-state index in [-0.39, 0.29) is 11.9 Å². The Morgan fingerprint density at radius 3 is 2.86 bits per heavy atom. The number of hydrogen-bond acceptors (Lipinski definition) is 7. The SMILES string of the molecule is Cc1cc(N[C@H]2CCCN(C3CC(O)C3)C2)nnc1-c1ccc2sccc2c1O. The first-order valence-electron chi connectivity index (χ1n) is 10.3. The summed E-state index contributed by atoms with van der Waals surface area (Å²) in [5.74, 6) is 1.05. The molecule has 0 radical (unpaired) electrons. The first-order valence-corrected chi connectivity index (χ1v) is 11.2. The lowest BCUT2D eigenvalue weighted by molar-refractivity contribution is -0.00727. The lowest BCUT2D eigenvalue weighted by Gasteiger charge is -2.44. The molecule has 7 heteroatoms. The summed E-state index contributed by atoms with van der Waals surface area (Å²) in [7, 11) is 0. The number of benzene rings is 1. The number of fused-ring (bicyclic) bond motifs is 1. The molecule has 3 heterocycles. The van der Waals surface area contributed by atoms with Crippen molar-refractivity contribution < 1.29 is 10.2 Å². The molecule has 1 saturated carbocycles. The number of aliphatic hydroxyl groups is 1. The summed E-state index contributed by atoms with van der Waals surface area (Å²) in [5, 5.41) is 35.5. The summed E-state index contributed by atoms with van der Waals surface area (Å²) >= 11 is 1.62. The van der Waals surface area contributed by atoms with Gasteiger partial charge >= 0.3 is 0 Å². The van der Waals surface area contributed by atoms with E-state index in [1.807, 2.05) is 36.6 Å². The molecule has 1 aliphatic carbocycles. The molecule has 5 rings (SSSR count). The van der Waals surface area contributed by atoms with Crippen LogP contribution in [-0.2, 0) is 0 Å². The standard InChI is InChI=1S/C22H26N4O2S/c1-13-9-20(23-14-3-2-7-26(12-14)15-10-16(27)11-15)24-25-21(13)18-4-5-19-17(22(18)28)6-8-29-19/h4-6,8-9,14-16,27-28H,2-3,7,10-12H2,1H3,(H,23,24)/t14-,15?,16?/m0/s1. The van der Waals surface area contributed by atoms with Crippen molar-refractivity contribution in [3.8, 4) is 17.0 Å². The van der Waals surface area contributed by atoms with Crippen molar-refractivity contribution in [3.05, 3.63) is 35.2 Å². The minimum absolute atomic E-state index is 0.112. The number of nitrogens with zero attached hydrogens (tertiary/aromatic N) is 3. The summed E-state index contributed by atoms with van der Waals surface area (Å²) in [6.45, 7) is 4.11. The molecule has 0 amide bonds. The summed E-state index contributed by atoms with van der Waals surface area (Å²) < 4.78 is 1.07. The highest BCUT2D eigenvalue weighted by molar-refractivity contribution is 7.17. The number of phenols is 1. The number of phenolic OH excluding ortho intramolecular Hbond substituents is 1. The van der Waals surface area contributed by atoms with Gasteiger partial charge in [0.05, 0.1) is 11.8 Å². The second-order valence-electron chi connectivity index (χ2n) is 8.31. The predicted octanol–water partition coefficient (Wildman–Crippen LogP) is 3.77. The average Bonchev–Trinajstić information content (AvgIpc) is 3.17. The van der Waals surface area contributed by atoms with Gasteiger partial charge in [-0.2, -0.15) is 0 Å². The van der Waals surface area contributed by atoms with Gasteiger partial charge in [0.2, 0.25) is 0 Å². The lowest BCUT2D eigenvalue weighted by atomic mass is 9.86. The molecule has 0 bridgehead atoms. The number of hydrogen-bond donors (Lipinski definition) is 3. The van der Waals surface area contributed by atoms with Crippen molar-refractivity contribution >= 4 is 27.2 Å². The van der Waals surface area contributed by atoms with Gasteiger partial charge in [-0.1, -0.05) is 0 Å². The van der Waals surface area contributed by atoms with E-state index in [4.69, 9.17) is 0 Å². The number of nitrogens with one attached hydrogen (secondary N) is 1. The van der Waals surface area contributed by atoms with E-state index in [1.54, 1.807) is 11.3 Å². The fourth-order valence-corrected chi connectivity index (χ4v) is 5.35. The Bertz CT molecular complexity index is 1030. The normalized spacial score (nSPS) is 25.1. The molecular formula is C22H26N4O2S. The van der Waals surface area contributed by atoms with E-state index in [2.05, 4.69) is 20.4 Å². The molecule has 0 unspecified atom stereocenters. The molecule has 1 aromatic carbocycles. The van der Waals surface area contributed by atoms with Crippen LogP contribution in [0.15, 0.2) is 29.6 Å². The number of anilines is 1. The van der Waals surface area contributed by atoms with Gasteiger partial charge in [0.15, 0.2) is 0 Å². The minimum atomic E-state index is -0.112. The van der Waals surface area contributed by atoms with Gasteiger partial charge in [0, 0.05) is 34.3 Å². The average molecular weight is 411 g/mol. The third-order valence-corrected chi connectivity index (χ3v) is 7.14. The van der Waals surface area contributed by atoms with E-state index in [1.165, 1.54) is 0 Å². The van der Waals surface area contributed by atoms with Gasteiger partial charge in [-0.05, 0) is 74.4 Å². The van der Waals surface area contributed by atoms with Crippen molar-refractivity contribution in [1.29, 1.82) is 0 Å². The van der Waals surface area contributed by atoms with Crippen LogP contribution in [-0.4, -0.2) is 56.6 Å². The Morgan fingerprint density at radius 1 is 1.21 bits per heavy atom. The van der Waals surface area contributed by atoms with Crippen LogP contribution in [0.1, 0.15) is 31.2 Å². The quantitative estimate of drug-likeness (QED) is 0.607. The van der Waals surface area contributed by atoms with Crippen LogP contribution in [0.3, 0.4) is 0 Å². The van der Waals surface area contributed by atoms with Crippen molar-refractivity contribution in [2.45, 2.75) is 50.8 Å². The number of aromatic nitrogens is 2. The van der Waals surface area contributed by atoms with Gasteiger partial charge < -0.3 is 15.5 Å². The highest BCUT2D eigenvalue weighted by Crippen LogP contribution is 2.38. The number of thiophene rings is 1. The van der Waals surface area contributed by atoms with Gasteiger partial charge in [-0.25, -0.2) is 0 Å². The van der Waals surface area contributed by atoms with Crippen LogP contribution in [0.4, 0.5) is 5.82 Å². The summed E-state index contributed by atoms with van der Waals surface area (Å²) in [4.78, 5) is 2.50. The Morgan fingerprint density at radius 2 is 2.07 bits per heavy atom. The summed E-state index contributed by atoms with van der Waals surface area (Å²) in [6, 6.07) is 8.77. The summed E-state index contributed by atoms with van der Waals surface area (Å²) in [6.07, 6.45) is 3.96. The van der Waals surface area contributed by atoms with Crippen molar-refractivity contribution in [2.24, 2.45) is 0 Å². The van der Waals surface area contributed by atoms with E-state index in [9.17, 15) is 10.2 Å². The zero-order valence-electron chi connectivity index (χ0n) is 16.5. The van der Waals surface area contributed by atoms with E-state index in [0.717, 1.165) is 71.5 Å². The number of piperidine rings is 1. The first kappa shape index (κ1) is 18.8. The minimum Gasteiger partial charge on any atom is -0.507 e. The number of aliphatic hydroxyl groups excluding tert-OH is 1. The lowest BCUT2D eigenvalue weighted by Crippen LogP contribution is -2.53. The Hall–Kier alpha value is -2.22. The smallest absolute Gasteiger partial charge is 0.149 e. The Balaban J connectivity index is 1.32. The van der Waals surface area contributed by atoms with E-state index >= 15 is 0 Å².